The van der Waals surface area contributed by atoms with E-state index in [1.807, 2.05) is 0 Å². The van der Waals surface area contributed by atoms with Crippen molar-refractivity contribution >= 4 is 5.78 Å². The third-order valence-corrected chi connectivity index (χ3v) is 10.6. The zero-order chi connectivity index (χ0) is 21.7. The zero-order valence-electron chi connectivity index (χ0n) is 20.6. The average molecular weight is 411 g/mol. The Hall–Kier alpha value is -0.850. The molecule has 0 aromatic rings. The number of rotatable bonds is 5. The summed E-state index contributed by atoms with van der Waals surface area (Å²) in [6.45, 7) is 14.7. The number of carbonyl (C=O) groups is 1. The number of fused-ring (bicyclic) bond motifs is 5. The molecule has 0 saturated heterocycles. The van der Waals surface area contributed by atoms with E-state index in [0.717, 1.165) is 42.4 Å². The third-order valence-electron chi connectivity index (χ3n) is 10.6. The van der Waals surface area contributed by atoms with Crippen LogP contribution in [-0.2, 0) is 4.79 Å². The molecule has 0 N–H and O–H groups in total. The molecule has 0 spiro atoms. The predicted molar refractivity (Wildman–Crippen MR) is 127 cm³/mol. The van der Waals surface area contributed by atoms with Crippen molar-refractivity contribution in [2.75, 3.05) is 0 Å². The summed E-state index contributed by atoms with van der Waals surface area (Å²) in [7, 11) is 0. The van der Waals surface area contributed by atoms with Crippen molar-refractivity contribution in [3.8, 4) is 0 Å². The number of allylic oxidation sites excluding steroid dienone is 3. The maximum atomic E-state index is 12.1. The quantitative estimate of drug-likeness (QED) is 0.418. The minimum atomic E-state index is 0.317. The normalized spacial score (nSPS) is 42.4. The molecule has 30 heavy (non-hydrogen) atoms. The lowest BCUT2D eigenvalue weighted by Crippen LogP contribution is -2.50. The van der Waals surface area contributed by atoms with Gasteiger partial charge in [-0.1, -0.05) is 58.8 Å². The van der Waals surface area contributed by atoms with E-state index >= 15 is 0 Å². The van der Waals surface area contributed by atoms with Crippen LogP contribution in [0.15, 0.2) is 23.3 Å². The van der Waals surface area contributed by atoms with Crippen molar-refractivity contribution in [1.29, 1.82) is 0 Å². The molecular formula is C29H46O. The first-order valence-electron chi connectivity index (χ1n) is 13.1. The Balaban J connectivity index is 1.52. The van der Waals surface area contributed by atoms with Crippen LogP contribution in [0.1, 0.15) is 106 Å². The Bertz CT molecular complexity index is 727. The van der Waals surface area contributed by atoms with E-state index < -0.39 is 0 Å². The molecule has 0 aromatic heterocycles. The molecule has 0 amide bonds. The number of ketones is 1. The Kier molecular flexibility index (Phi) is 6.15. The topological polar surface area (TPSA) is 17.1 Å². The minimum absolute atomic E-state index is 0.317. The number of hydrogen-bond donors (Lipinski definition) is 0. The molecule has 1 heteroatoms. The fourth-order valence-corrected chi connectivity index (χ4v) is 8.82. The second-order valence-corrected chi connectivity index (χ2v) is 12.2. The molecule has 3 saturated carbocycles. The summed E-state index contributed by atoms with van der Waals surface area (Å²) < 4.78 is 0. The molecule has 168 valence electrons. The van der Waals surface area contributed by atoms with Gasteiger partial charge in [-0.2, -0.15) is 0 Å². The molecule has 3 fully saturated rings. The van der Waals surface area contributed by atoms with Crippen LogP contribution in [0.5, 0.6) is 0 Å². The van der Waals surface area contributed by atoms with Gasteiger partial charge in [-0.25, -0.2) is 0 Å². The van der Waals surface area contributed by atoms with E-state index in [1.54, 1.807) is 5.57 Å². The Labute approximate surface area is 186 Å². The zero-order valence-corrected chi connectivity index (χ0v) is 20.6. The van der Waals surface area contributed by atoms with E-state index in [-0.39, 0.29) is 0 Å². The first-order chi connectivity index (χ1) is 14.2. The summed E-state index contributed by atoms with van der Waals surface area (Å²) in [6, 6.07) is 0. The highest BCUT2D eigenvalue weighted by molar-refractivity contribution is 5.91. The van der Waals surface area contributed by atoms with Gasteiger partial charge in [0.2, 0.25) is 0 Å². The summed E-state index contributed by atoms with van der Waals surface area (Å²) >= 11 is 0. The van der Waals surface area contributed by atoms with Crippen LogP contribution >= 0.6 is 0 Å². The van der Waals surface area contributed by atoms with Crippen LogP contribution < -0.4 is 0 Å². The van der Waals surface area contributed by atoms with Crippen molar-refractivity contribution in [3.63, 3.8) is 0 Å². The van der Waals surface area contributed by atoms with Gasteiger partial charge in [0.15, 0.2) is 5.78 Å². The molecular weight excluding hydrogens is 364 g/mol. The van der Waals surface area contributed by atoms with Gasteiger partial charge in [-0.05, 0) is 110 Å². The van der Waals surface area contributed by atoms with Crippen LogP contribution in [-0.4, -0.2) is 5.78 Å². The molecule has 0 bridgehead atoms. The first kappa shape index (κ1) is 22.3. The van der Waals surface area contributed by atoms with Crippen molar-refractivity contribution in [1.82, 2.24) is 0 Å². The monoisotopic (exact) mass is 410 g/mol. The molecule has 0 aliphatic heterocycles. The number of hydrogen-bond acceptors (Lipinski definition) is 1. The van der Waals surface area contributed by atoms with Gasteiger partial charge in [-0.15, -0.1) is 0 Å². The highest BCUT2D eigenvalue weighted by atomic mass is 16.1. The molecule has 4 rings (SSSR count). The molecule has 0 radical (unpaired) electrons. The predicted octanol–water partition coefficient (Wildman–Crippen LogP) is 8.15. The molecule has 7 atom stereocenters. The minimum Gasteiger partial charge on any atom is -0.295 e. The lowest BCUT2D eigenvalue weighted by Gasteiger charge is -2.58. The van der Waals surface area contributed by atoms with Crippen molar-refractivity contribution in [2.45, 2.75) is 106 Å². The summed E-state index contributed by atoms with van der Waals surface area (Å²) in [6.07, 6.45) is 17.3. The van der Waals surface area contributed by atoms with Crippen LogP contribution in [0.2, 0.25) is 0 Å². The van der Waals surface area contributed by atoms with Crippen molar-refractivity contribution < 1.29 is 4.79 Å². The van der Waals surface area contributed by atoms with E-state index in [0.29, 0.717) is 22.5 Å². The molecule has 4 aliphatic carbocycles. The van der Waals surface area contributed by atoms with Crippen LogP contribution in [0.3, 0.4) is 0 Å². The molecule has 0 heterocycles. The van der Waals surface area contributed by atoms with E-state index in [1.165, 1.54) is 56.9 Å². The smallest absolute Gasteiger partial charge is 0.155 e. The first-order valence-corrected chi connectivity index (χ1v) is 13.1. The second kappa shape index (κ2) is 8.25. The summed E-state index contributed by atoms with van der Waals surface area (Å²) in [4.78, 5) is 12.1. The fraction of sp³-hybridized carbons (Fsp3) is 0.828. The lowest BCUT2D eigenvalue weighted by atomic mass is 9.46. The second-order valence-electron chi connectivity index (χ2n) is 12.2. The summed E-state index contributed by atoms with van der Waals surface area (Å²) in [5.41, 5.74) is 4.02. The lowest BCUT2D eigenvalue weighted by molar-refractivity contribution is -0.117. The summed E-state index contributed by atoms with van der Waals surface area (Å²) in [5, 5.41) is 0. The van der Waals surface area contributed by atoms with Crippen LogP contribution in [0.25, 0.3) is 0 Å². The van der Waals surface area contributed by atoms with Gasteiger partial charge in [-0.3, -0.25) is 4.79 Å². The van der Waals surface area contributed by atoms with Crippen molar-refractivity contribution in [3.05, 3.63) is 23.3 Å². The largest absolute Gasteiger partial charge is 0.295 e. The maximum Gasteiger partial charge on any atom is 0.155 e. The van der Waals surface area contributed by atoms with Gasteiger partial charge < -0.3 is 0 Å². The Morgan fingerprint density at radius 3 is 2.53 bits per heavy atom. The Morgan fingerprint density at radius 2 is 1.83 bits per heavy atom. The SMILES string of the molecule is CCC(=CCC(C)C1CCC2C3CCC4=CC(=O)CCC4(C)C3CCC12C)C(C)C. The van der Waals surface area contributed by atoms with Crippen LogP contribution in [0, 0.1) is 46.3 Å². The van der Waals surface area contributed by atoms with E-state index in [4.69, 9.17) is 0 Å². The molecule has 0 aromatic carbocycles. The third kappa shape index (κ3) is 3.57. The van der Waals surface area contributed by atoms with Gasteiger partial charge in [0.1, 0.15) is 0 Å². The highest BCUT2D eigenvalue weighted by Crippen LogP contribution is 2.67. The van der Waals surface area contributed by atoms with E-state index in [2.05, 4.69) is 53.7 Å². The standard InChI is InChI=1S/C29H46O/c1-7-21(19(2)3)9-8-20(4)25-12-13-26-24-11-10-22-18-23(30)14-16-28(22,5)27(24)15-17-29(25,26)6/h9,18-20,24-27H,7-8,10-17H2,1-6H3. The molecule has 7 unspecified atom stereocenters. The summed E-state index contributed by atoms with van der Waals surface area (Å²) in [5.74, 6) is 5.41. The average Bonchev–Trinajstić information content (AvgIpc) is 3.06. The van der Waals surface area contributed by atoms with Gasteiger partial charge in [0.05, 0.1) is 0 Å². The molecule has 4 aliphatic rings. The Morgan fingerprint density at radius 1 is 1.07 bits per heavy atom. The maximum absolute atomic E-state index is 12.1. The highest BCUT2D eigenvalue weighted by Gasteiger charge is 2.59. The van der Waals surface area contributed by atoms with Gasteiger partial charge >= 0.3 is 0 Å². The van der Waals surface area contributed by atoms with E-state index in [9.17, 15) is 4.79 Å². The van der Waals surface area contributed by atoms with Crippen LogP contribution in [0.4, 0.5) is 0 Å². The molecule has 1 nitrogen and oxygen atoms in total. The van der Waals surface area contributed by atoms with Gasteiger partial charge in [0, 0.05) is 6.42 Å². The van der Waals surface area contributed by atoms with Gasteiger partial charge in [0.25, 0.3) is 0 Å². The fourth-order valence-electron chi connectivity index (χ4n) is 8.82. The number of carbonyl (C=O) groups excluding carboxylic acids is 1. The van der Waals surface area contributed by atoms with Crippen molar-refractivity contribution in [2.24, 2.45) is 46.3 Å².